The molecular formula is C27H29F4N3O3. The van der Waals surface area contributed by atoms with Crippen molar-refractivity contribution in [2.45, 2.75) is 63.8 Å². The average Bonchev–Trinajstić information content (AvgIpc) is 3.21. The van der Waals surface area contributed by atoms with E-state index in [0.717, 1.165) is 41.6 Å². The lowest BCUT2D eigenvalue weighted by atomic mass is 9.76. The number of nitrogens with zero attached hydrogens (tertiary/aromatic N) is 2. The maximum atomic E-state index is 15.3. The number of hydrogen-bond acceptors (Lipinski definition) is 4. The van der Waals surface area contributed by atoms with Gasteiger partial charge in [-0.1, -0.05) is 0 Å². The first-order valence-electron chi connectivity index (χ1n) is 12.5. The highest BCUT2D eigenvalue weighted by molar-refractivity contribution is 5.94. The Hall–Kier alpha value is -3.14. The van der Waals surface area contributed by atoms with Crippen LogP contribution < -0.4 is 4.74 Å². The summed E-state index contributed by atoms with van der Waals surface area (Å²) >= 11 is 0. The monoisotopic (exact) mass is 519 g/mol. The maximum Gasteiger partial charge on any atom is 0.573 e. The van der Waals surface area contributed by atoms with E-state index >= 15 is 4.39 Å². The van der Waals surface area contributed by atoms with Crippen LogP contribution >= 0.6 is 0 Å². The van der Waals surface area contributed by atoms with Gasteiger partial charge in [0.15, 0.2) is 0 Å². The van der Waals surface area contributed by atoms with E-state index in [0.29, 0.717) is 43.6 Å². The van der Waals surface area contributed by atoms with Gasteiger partial charge in [-0.05, 0) is 87.6 Å². The summed E-state index contributed by atoms with van der Waals surface area (Å²) < 4.78 is 56.3. The number of aromatic amines is 1. The third-order valence-electron chi connectivity index (χ3n) is 7.72. The average molecular weight is 520 g/mol. The van der Waals surface area contributed by atoms with Crippen molar-refractivity contribution in [1.29, 1.82) is 0 Å². The smallest absolute Gasteiger partial charge is 0.406 e. The normalized spacial score (nSPS) is 19.2. The zero-order valence-electron chi connectivity index (χ0n) is 20.7. The Bertz CT molecular complexity index is 1300. The zero-order chi connectivity index (χ0) is 26.5. The summed E-state index contributed by atoms with van der Waals surface area (Å²) in [6.45, 7) is 4.40. The summed E-state index contributed by atoms with van der Waals surface area (Å²) in [6, 6.07) is 4.86. The first kappa shape index (κ1) is 25.5. The molecule has 1 fully saturated rings. The van der Waals surface area contributed by atoms with Crippen molar-refractivity contribution in [2.24, 2.45) is 5.92 Å². The van der Waals surface area contributed by atoms with Crippen molar-refractivity contribution in [3.8, 4) is 5.75 Å². The van der Waals surface area contributed by atoms with Gasteiger partial charge >= 0.3 is 6.36 Å². The third kappa shape index (κ3) is 5.16. The predicted molar refractivity (Wildman–Crippen MR) is 129 cm³/mol. The molecule has 2 aliphatic rings. The molecule has 3 aromatic rings. The van der Waals surface area contributed by atoms with Gasteiger partial charge in [0.2, 0.25) is 0 Å². The van der Waals surface area contributed by atoms with Crippen LogP contribution in [0.1, 0.15) is 66.2 Å². The fourth-order valence-corrected chi connectivity index (χ4v) is 5.73. The standard InChI is InChI=1S/C27H29F4N3O3/c1-26(2,36)17-5-8-21-19(13-17)23-22(20(28)14-32-24(23)33-21)15-9-11-34(12-10-15)25(35)16-3-6-18(7-4-16)37-27(29,30)31/h3-4,6-7,14-15,17,36H,5,8-13H2,1-2H3,(H,32,33). The number of amides is 1. The van der Waals surface area contributed by atoms with Crippen LogP contribution in [0.2, 0.25) is 0 Å². The molecule has 1 saturated heterocycles. The van der Waals surface area contributed by atoms with E-state index in [1.807, 2.05) is 0 Å². The molecule has 1 atom stereocenters. The van der Waals surface area contributed by atoms with Gasteiger partial charge in [0, 0.05) is 35.3 Å². The van der Waals surface area contributed by atoms with Gasteiger partial charge in [0.05, 0.1) is 11.8 Å². The van der Waals surface area contributed by atoms with E-state index in [-0.39, 0.29) is 34.9 Å². The Labute approximate surface area is 211 Å². The number of aliphatic hydroxyl groups is 1. The Morgan fingerprint density at radius 2 is 1.81 bits per heavy atom. The topological polar surface area (TPSA) is 78.5 Å². The number of halogens is 4. The molecule has 2 N–H and O–H groups in total. The minimum absolute atomic E-state index is 0.0579. The lowest BCUT2D eigenvalue weighted by Gasteiger charge is -2.34. The summed E-state index contributed by atoms with van der Waals surface area (Å²) in [5.74, 6) is -1.10. The molecule has 10 heteroatoms. The Morgan fingerprint density at radius 3 is 2.43 bits per heavy atom. The fraction of sp³-hybridized carbons (Fsp3) is 0.481. The number of carbonyl (C=O) groups is 1. The number of aryl methyl sites for hydroxylation is 1. The highest BCUT2D eigenvalue weighted by atomic mass is 19.4. The number of pyridine rings is 1. The van der Waals surface area contributed by atoms with Crippen molar-refractivity contribution in [3.63, 3.8) is 0 Å². The van der Waals surface area contributed by atoms with E-state index in [2.05, 4.69) is 14.7 Å². The van der Waals surface area contributed by atoms with Gasteiger partial charge in [-0.2, -0.15) is 0 Å². The van der Waals surface area contributed by atoms with Crippen LogP contribution in [0.25, 0.3) is 11.0 Å². The second kappa shape index (κ2) is 9.31. The number of nitrogens with one attached hydrogen (secondary N) is 1. The number of benzene rings is 1. The molecule has 3 heterocycles. The molecule has 0 saturated carbocycles. The number of H-pyrrole nitrogens is 1. The molecule has 1 aliphatic heterocycles. The van der Waals surface area contributed by atoms with E-state index in [1.165, 1.54) is 18.3 Å². The van der Waals surface area contributed by atoms with Gasteiger partial charge in [0.1, 0.15) is 17.2 Å². The number of piperidine rings is 1. The Morgan fingerprint density at radius 1 is 1.14 bits per heavy atom. The number of hydrogen-bond donors (Lipinski definition) is 2. The molecule has 1 unspecified atom stereocenters. The van der Waals surface area contributed by atoms with Gasteiger partial charge in [-0.3, -0.25) is 4.79 Å². The molecule has 198 valence electrons. The number of aromatic nitrogens is 2. The number of alkyl halides is 3. The van der Waals surface area contributed by atoms with Crippen molar-refractivity contribution in [2.75, 3.05) is 13.1 Å². The summed E-state index contributed by atoms with van der Waals surface area (Å²) in [7, 11) is 0. The van der Waals surface area contributed by atoms with Crippen LogP contribution in [0.3, 0.4) is 0 Å². The number of likely N-dealkylation sites (tertiary alicyclic amines) is 1. The minimum atomic E-state index is -4.80. The summed E-state index contributed by atoms with van der Waals surface area (Å²) in [5.41, 5.74) is 2.75. The minimum Gasteiger partial charge on any atom is -0.406 e. The number of rotatable bonds is 4. The van der Waals surface area contributed by atoms with Crippen molar-refractivity contribution in [3.05, 3.63) is 58.7 Å². The fourth-order valence-electron chi connectivity index (χ4n) is 5.73. The molecule has 0 bridgehead atoms. The molecule has 5 rings (SSSR count). The van der Waals surface area contributed by atoms with Gasteiger partial charge in [-0.25, -0.2) is 9.37 Å². The quantitative estimate of drug-likeness (QED) is 0.447. The SMILES string of the molecule is CC(C)(O)C1CCc2[nH]c3ncc(F)c(C4CCN(C(=O)c5ccc(OC(F)(F)F)cc5)CC4)c3c2C1. The summed E-state index contributed by atoms with van der Waals surface area (Å²) in [6.07, 6.45) is -0.212. The highest BCUT2D eigenvalue weighted by Gasteiger charge is 2.35. The predicted octanol–water partition coefficient (Wildman–Crippen LogP) is 5.50. The van der Waals surface area contributed by atoms with Crippen molar-refractivity contribution in [1.82, 2.24) is 14.9 Å². The van der Waals surface area contributed by atoms with Crippen LogP contribution in [0, 0.1) is 11.7 Å². The largest absolute Gasteiger partial charge is 0.573 e. The van der Waals surface area contributed by atoms with Crippen LogP contribution in [-0.2, 0) is 12.8 Å². The van der Waals surface area contributed by atoms with Gasteiger partial charge in [-0.15, -0.1) is 13.2 Å². The molecule has 1 aromatic carbocycles. The molecule has 2 aromatic heterocycles. The van der Waals surface area contributed by atoms with Crippen molar-refractivity contribution < 1.29 is 32.2 Å². The number of ether oxygens (including phenoxy) is 1. The molecule has 0 spiro atoms. The highest BCUT2D eigenvalue weighted by Crippen LogP contribution is 2.41. The molecule has 1 amide bonds. The first-order chi connectivity index (χ1) is 17.4. The molecule has 0 radical (unpaired) electrons. The molecule has 37 heavy (non-hydrogen) atoms. The zero-order valence-corrected chi connectivity index (χ0v) is 20.7. The van der Waals surface area contributed by atoms with E-state index in [9.17, 15) is 23.1 Å². The lowest BCUT2D eigenvalue weighted by Crippen LogP contribution is -2.38. The lowest BCUT2D eigenvalue weighted by molar-refractivity contribution is -0.274. The molecule has 1 aliphatic carbocycles. The Kier molecular flexibility index (Phi) is 6.42. The number of carbonyl (C=O) groups excluding carboxylic acids is 1. The second-order valence-electron chi connectivity index (χ2n) is 10.6. The summed E-state index contributed by atoms with van der Waals surface area (Å²) in [5, 5.41) is 11.4. The van der Waals surface area contributed by atoms with E-state index < -0.39 is 12.0 Å². The van der Waals surface area contributed by atoms with Crippen molar-refractivity contribution >= 4 is 16.9 Å². The van der Waals surface area contributed by atoms with E-state index in [4.69, 9.17) is 0 Å². The van der Waals surface area contributed by atoms with Crippen LogP contribution in [-0.4, -0.2) is 50.9 Å². The molecule has 6 nitrogen and oxygen atoms in total. The third-order valence-corrected chi connectivity index (χ3v) is 7.72. The maximum absolute atomic E-state index is 15.3. The number of fused-ring (bicyclic) bond motifs is 3. The second-order valence-corrected chi connectivity index (χ2v) is 10.6. The van der Waals surface area contributed by atoms with Gasteiger partial charge in [0.25, 0.3) is 5.91 Å². The van der Waals surface area contributed by atoms with Crippen LogP contribution in [0.15, 0.2) is 30.5 Å². The van der Waals surface area contributed by atoms with Crippen LogP contribution in [0.5, 0.6) is 5.75 Å². The van der Waals surface area contributed by atoms with Gasteiger partial charge < -0.3 is 19.7 Å². The Balaban J connectivity index is 1.34. The summed E-state index contributed by atoms with van der Waals surface area (Å²) in [4.78, 5) is 22.3. The molecular weight excluding hydrogens is 490 g/mol. The first-order valence-corrected chi connectivity index (χ1v) is 12.5. The van der Waals surface area contributed by atoms with Crippen LogP contribution in [0.4, 0.5) is 17.6 Å². The van der Waals surface area contributed by atoms with E-state index in [1.54, 1.807) is 18.7 Å².